The molecule has 1 amide bonds. The molecule has 0 saturated carbocycles. The van der Waals surface area contributed by atoms with Crippen molar-refractivity contribution in [3.8, 4) is 0 Å². The Labute approximate surface area is 201 Å². The Kier molecular flexibility index (Phi) is 6.51. The zero-order chi connectivity index (χ0) is 22.9. The quantitative estimate of drug-likeness (QED) is 0.493. The monoisotopic (exact) mass is 486 g/mol. The number of hydrogen-bond acceptors (Lipinski definition) is 8. The predicted molar refractivity (Wildman–Crippen MR) is 133 cm³/mol. The third kappa shape index (κ3) is 4.57. The molecule has 10 heteroatoms. The largest absolute Gasteiger partial charge is 0.376 e. The molecule has 3 aliphatic rings. The Morgan fingerprint density at radius 1 is 1.24 bits per heavy atom. The van der Waals surface area contributed by atoms with Gasteiger partial charge in [0.05, 0.1) is 29.2 Å². The number of rotatable bonds is 6. The zero-order valence-electron chi connectivity index (χ0n) is 18.4. The fourth-order valence-electron chi connectivity index (χ4n) is 4.37. The van der Waals surface area contributed by atoms with E-state index in [9.17, 15) is 9.59 Å². The Balaban J connectivity index is 1.50. The lowest BCUT2D eigenvalue weighted by Gasteiger charge is -2.18. The Morgan fingerprint density at radius 2 is 2.00 bits per heavy atom. The standard InChI is InChI=1S/C23H26N4O4S2/c1-14-5-2-8-26-20(14)25-19(24-12-15-6-3-9-30-15)17(21(26)28)11-18-22(29)27(23(32)33-18)13-16-7-4-10-31-16/h2,5,8,11,15-16,24H,3-4,6-7,9-10,12-13H2,1H3/b18-11+/t15-,16-/m0/s1. The number of thioether (sulfide) groups is 1. The van der Waals surface area contributed by atoms with Crippen LogP contribution in [-0.4, -0.2) is 63.0 Å². The van der Waals surface area contributed by atoms with E-state index in [4.69, 9.17) is 26.7 Å². The molecular weight excluding hydrogens is 460 g/mol. The van der Waals surface area contributed by atoms with Crippen LogP contribution in [0.25, 0.3) is 11.7 Å². The van der Waals surface area contributed by atoms with Gasteiger partial charge in [-0.05, 0) is 50.3 Å². The highest BCUT2D eigenvalue weighted by Gasteiger charge is 2.35. The molecule has 3 fully saturated rings. The van der Waals surface area contributed by atoms with E-state index in [2.05, 4.69) is 5.32 Å². The van der Waals surface area contributed by atoms with Crippen molar-refractivity contribution >= 4 is 51.7 Å². The first kappa shape index (κ1) is 22.5. The van der Waals surface area contributed by atoms with E-state index in [0.29, 0.717) is 46.0 Å². The van der Waals surface area contributed by atoms with Gasteiger partial charge in [0.2, 0.25) is 0 Å². The molecule has 2 aromatic heterocycles. The van der Waals surface area contributed by atoms with E-state index in [-0.39, 0.29) is 23.7 Å². The normalized spacial score (nSPS) is 24.5. The molecular formula is C23H26N4O4S2. The number of aromatic nitrogens is 2. The lowest BCUT2D eigenvalue weighted by Crippen LogP contribution is -2.35. The molecule has 174 valence electrons. The van der Waals surface area contributed by atoms with E-state index in [0.717, 1.165) is 37.9 Å². The second-order valence-corrected chi connectivity index (χ2v) is 10.2. The lowest BCUT2D eigenvalue weighted by molar-refractivity contribution is -0.123. The summed E-state index contributed by atoms with van der Waals surface area (Å²) in [4.78, 5) is 33.3. The van der Waals surface area contributed by atoms with Crippen molar-refractivity contribution in [1.29, 1.82) is 0 Å². The van der Waals surface area contributed by atoms with Gasteiger partial charge in [-0.15, -0.1) is 0 Å². The molecule has 0 bridgehead atoms. The summed E-state index contributed by atoms with van der Waals surface area (Å²) in [6.45, 7) is 4.38. The van der Waals surface area contributed by atoms with Gasteiger partial charge in [0.15, 0.2) is 0 Å². The van der Waals surface area contributed by atoms with Crippen LogP contribution >= 0.6 is 24.0 Å². The van der Waals surface area contributed by atoms with E-state index in [1.807, 2.05) is 19.1 Å². The number of nitrogens with zero attached hydrogens (tertiary/aromatic N) is 3. The summed E-state index contributed by atoms with van der Waals surface area (Å²) >= 11 is 6.68. The average molecular weight is 487 g/mol. The number of thiocarbonyl (C=S) groups is 1. The molecule has 5 rings (SSSR count). The minimum Gasteiger partial charge on any atom is -0.376 e. The molecule has 0 aliphatic carbocycles. The van der Waals surface area contributed by atoms with Crippen LogP contribution in [0.15, 0.2) is 28.0 Å². The number of fused-ring (bicyclic) bond motifs is 1. The topological polar surface area (TPSA) is 85.2 Å². The molecule has 0 unspecified atom stereocenters. The Hall–Kier alpha value is -2.27. The van der Waals surface area contributed by atoms with Gasteiger partial charge < -0.3 is 14.8 Å². The van der Waals surface area contributed by atoms with Crippen LogP contribution < -0.4 is 10.9 Å². The number of pyridine rings is 1. The van der Waals surface area contributed by atoms with E-state index in [1.54, 1.807) is 17.2 Å². The van der Waals surface area contributed by atoms with Crippen molar-refractivity contribution < 1.29 is 14.3 Å². The highest BCUT2D eigenvalue weighted by atomic mass is 32.2. The molecule has 3 aliphatic heterocycles. The van der Waals surface area contributed by atoms with Crippen molar-refractivity contribution in [2.24, 2.45) is 0 Å². The van der Waals surface area contributed by atoms with Crippen molar-refractivity contribution in [3.63, 3.8) is 0 Å². The van der Waals surface area contributed by atoms with Crippen LogP contribution in [0.4, 0.5) is 5.82 Å². The molecule has 0 spiro atoms. The fraction of sp³-hybridized carbons (Fsp3) is 0.478. The maximum atomic E-state index is 13.5. The number of ether oxygens (including phenoxy) is 2. The van der Waals surface area contributed by atoms with Gasteiger partial charge in [-0.3, -0.25) is 18.9 Å². The van der Waals surface area contributed by atoms with E-state index < -0.39 is 0 Å². The number of aryl methyl sites for hydroxylation is 1. The molecule has 5 heterocycles. The first-order chi connectivity index (χ1) is 16.0. The third-order valence-corrected chi connectivity index (χ3v) is 7.54. The highest BCUT2D eigenvalue weighted by Crippen LogP contribution is 2.34. The summed E-state index contributed by atoms with van der Waals surface area (Å²) in [5.41, 5.74) is 1.58. The smallest absolute Gasteiger partial charge is 0.267 e. The number of amides is 1. The molecule has 0 aromatic carbocycles. The van der Waals surface area contributed by atoms with Crippen LogP contribution in [0.1, 0.15) is 36.8 Å². The first-order valence-corrected chi connectivity index (χ1v) is 12.5. The van der Waals surface area contributed by atoms with Gasteiger partial charge in [0.1, 0.15) is 15.8 Å². The number of carbonyl (C=O) groups is 1. The van der Waals surface area contributed by atoms with Crippen molar-refractivity contribution in [1.82, 2.24) is 14.3 Å². The highest BCUT2D eigenvalue weighted by molar-refractivity contribution is 8.26. The summed E-state index contributed by atoms with van der Waals surface area (Å²) in [5.74, 6) is 0.258. The molecule has 2 atom stereocenters. The maximum Gasteiger partial charge on any atom is 0.267 e. The number of anilines is 1. The summed E-state index contributed by atoms with van der Waals surface area (Å²) in [5, 5.41) is 3.30. The van der Waals surface area contributed by atoms with Crippen LogP contribution in [0.5, 0.6) is 0 Å². The van der Waals surface area contributed by atoms with Crippen LogP contribution in [0.2, 0.25) is 0 Å². The molecule has 2 aromatic rings. The summed E-state index contributed by atoms with van der Waals surface area (Å²) in [6, 6.07) is 3.73. The SMILES string of the molecule is Cc1cccn2c(=O)c(/C=C3/SC(=S)N(C[C@@H]4CCCO4)C3=O)c(NC[C@@H]3CCCO3)nc12. The maximum absolute atomic E-state index is 13.5. The van der Waals surface area contributed by atoms with Gasteiger partial charge in [-0.2, -0.15) is 0 Å². The first-order valence-electron chi connectivity index (χ1n) is 11.3. The second-order valence-electron chi connectivity index (χ2n) is 8.51. The number of nitrogens with one attached hydrogen (secondary N) is 1. The Bertz CT molecular complexity index is 1180. The van der Waals surface area contributed by atoms with Crippen molar-refractivity contribution in [2.75, 3.05) is 31.6 Å². The van der Waals surface area contributed by atoms with Gasteiger partial charge in [-0.1, -0.05) is 30.0 Å². The van der Waals surface area contributed by atoms with Crippen LogP contribution in [0, 0.1) is 6.92 Å². The average Bonchev–Trinajstić information content (AvgIpc) is 3.55. The molecule has 1 N–H and O–H groups in total. The second kappa shape index (κ2) is 9.54. The van der Waals surface area contributed by atoms with Gasteiger partial charge in [0.25, 0.3) is 11.5 Å². The summed E-state index contributed by atoms with van der Waals surface area (Å²) < 4.78 is 13.4. The fourth-order valence-corrected chi connectivity index (χ4v) is 5.63. The minimum atomic E-state index is -0.233. The van der Waals surface area contributed by atoms with E-state index >= 15 is 0 Å². The third-order valence-electron chi connectivity index (χ3n) is 6.16. The zero-order valence-corrected chi connectivity index (χ0v) is 20.0. The lowest BCUT2D eigenvalue weighted by atomic mass is 10.2. The van der Waals surface area contributed by atoms with Crippen molar-refractivity contribution in [2.45, 2.75) is 44.8 Å². The van der Waals surface area contributed by atoms with Crippen LogP contribution in [-0.2, 0) is 14.3 Å². The molecule has 33 heavy (non-hydrogen) atoms. The summed E-state index contributed by atoms with van der Waals surface area (Å²) in [7, 11) is 0. The predicted octanol–water partition coefficient (Wildman–Crippen LogP) is 2.97. The van der Waals surface area contributed by atoms with Gasteiger partial charge in [0, 0.05) is 26.0 Å². The molecule has 0 radical (unpaired) electrons. The number of carbonyl (C=O) groups excluding carboxylic acids is 1. The van der Waals surface area contributed by atoms with Gasteiger partial charge in [-0.25, -0.2) is 4.98 Å². The molecule has 8 nitrogen and oxygen atoms in total. The van der Waals surface area contributed by atoms with Gasteiger partial charge >= 0.3 is 0 Å². The van der Waals surface area contributed by atoms with Crippen LogP contribution in [0.3, 0.4) is 0 Å². The van der Waals surface area contributed by atoms with E-state index in [1.165, 1.54) is 16.2 Å². The number of hydrogen-bond donors (Lipinski definition) is 1. The Morgan fingerprint density at radius 3 is 2.73 bits per heavy atom. The summed E-state index contributed by atoms with van der Waals surface area (Å²) in [6.07, 6.45) is 7.32. The molecule has 3 saturated heterocycles. The van der Waals surface area contributed by atoms with Crippen molar-refractivity contribution in [3.05, 3.63) is 44.7 Å². The minimum absolute atomic E-state index is 0.00595.